The second kappa shape index (κ2) is 3.17. The van der Waals surface area contributed by atoms with Gasteiger partial charge >= 0.3 is 0 Å². The number of rotatable bonds is 2. The number of nitrogens with one attached hydrogen (secondary N) is 1. The first-order valence-corrected chi connectivity index (χ1v) is 3.64. The summed E-state index contributed by atoms with van der Waals surface area (Å²) in [6, 6.07) is 0.0278. The zero-order valence-corrected chi connectivity index (χ0v) is 6.49. The van der Waals surface area contributed by atoms with Crippen LogP contribution in [0.3, 0.4) is 0 Å². The number of allylic oxidation sites excluding steroid dienone is 2. The van der Waals surface area contributed by atoms with Gasteiger partial charge in [0.2, 0.25) is 5.91 Å². The average molecular weight is 155 g/mol. The van der Waals surface area contributed by atoms with Crippen LogP contribution in [0.5, 0.6) is 0 Å². The summed E-state index contributed by atoms with van der Waals surface area (Å²) >= 11 is 0. The topological polar surface area (TPSA) is 52.5 Å². The van der Waals surface area contributed by atoms with Crippen molar-refractivity contribution in [2.75, 3.05) is 0 Å². The molecule has 0 aliphatic heterocycles. The largest absolute Gasteiger partial charge is 0.354 e. The molecule has 11 heavy (non-hydrogen) atoms. The van der Waals surface area contributed by atoms with Gasteiger partial charge in [0, 0.05) is 13.0 Å². The third-order valence-electron chi connectivity index (χ3n) is 1.44. The van der Waals surface area contributed by atoms with E-state index in [4.69, 9.17) is 10.2 Å². The van der Waals surface area contributed by atoms with Crippen LogP contribution in [-0.2, 0) is 0 Å². The van der Waals surface area contributed by atoms with Crippen molar-refractivity contribution in [3.05, 3.63) is 24.3 Å². The summed E-state index contributed by atoms with van der Waals surface area (Å²) in [7, 11) is 0. The Morgan fingerprint density at radius 3 is 2.64 bits per heavy atom. The normalized spacial score (nSPS) is 24.1. The first kappa shape index (κ1) is 8.46. The maximum atomic E-state index is 8.96. The van der Waals surface area contributed by atoms with Crippen molar-refractivity contribution in [2.24, 2.45) is 0 Å². The van der Waals surface area contributed by atoms with Crippen molar-refractivity contribution in [2.45, 2.75) is 25.3 Å². The fourth-order valence-corrected chi connectivity index (χ4v) is 1.04. The van der Waals surface area contributed by atoms with E-state index in [1.165, 1.54) is 6.92 Å². The van der Waals surface area contributed by atoms with Crippen LogP contribution in [0.4, 0.5) is 0 Å². The van der Waals surface area contributed by atoms with Gasteiger partial charge in [-0.1, -0.05) is 24.3 Å². The molecule has 0 amide bonds. The third kappa shape index (κ3) is 3.32. The molecule has 3 heteroatoms. The van der Waals surface area contributed by atoms with E-state index in [-0.39, 0.29) is 6.04 Å². The quantitative estimate of drug-likeness (QED) is 0.496. The van der Waals surface area contributed by atoms with E-state index in [0.29, 0.717) is 0 Å². The Kier molecular flexibility index (Phi) is 2.44. The highest BCUT2D eigenvalue weighted by molar-refractivity contribution is 5.13. The Balaban J connectivity index is 2.39. The van der Waals surface area contributed by atoms with E-state index in [9.17, 15) is 0 Å². The lowest BCUT2D eigenvalue weighted by Crippen LogP contribution is -2.47. The lowest BCUT2D eigenvalue weighted by Gasteiger charge is -2.23. The smallest absolute Gasteiger partial charge is 0.219 e. The van der Waals surface area contributed by atoms with Gasteiger partial charge in [-0.3, -0.25) is 5.32 Å². The van der Waals surface area contributed by atoms with Crippen molar-refractivity contribution >= 4 is 0 Å². The van der Waals surface area contributed by atoms with Crippen molar-refractivity contribution in [3.63, 3.8) is 0 Å². The molecular weight excluding hydrogens is 142 g/mol. The number of hydrogen-bond donors (Lipinski definition) is 3. The summed E-state index contributed by atoms with van der Waals surface area (Å²) in [5, 5.41) is 20.5. The Hall–Kier alpha value is -0.640. The van der Waals surface area contributed by atoms with Gasteiger partial charge in [-0.05, 0) is 6.42 Å². The van der Waals surface area contributed by atoms with E-state index < -0.39 is 5.91 Å². The molecule has 3 nitrogen and oxygen atoms in total. The molecule has 0 heterocycles. The molecular formula is C8H13NO2. The Bertz CT molecular complexity index is 179. The molecule has 0 aromatic heterocycles. The predicted octanol–water partition coefficient (Wildman–Crippen LogP) is 0.119. The summed E-state index contributed by atoms with van der Waals surface area (Å²) in [5.41, 5.74) is 0. The van der Waals surface area contributed by atoms with Gasteiger partial charge in [-0.2, -0.15) is 0 Å². The van der Waals surface area contributed by atoms with E-state index in [1.54, 1.807) is 0 Å². The summed E-state index contributed by atoms with van der Waals surface area (Å²) in [6.45, 7) is 1.30. The van der Waals surface area contributed by atoms with Crippen molar-refractivity contribution in [1.29, 1.82) is 0 Å². The summed E-state index contributed by atoms with van der Waals surface area (Å²) < 4.78 is 0. The van der Waals surface area contributed by atoms with Crippen molar-refractivity contribution in [1.82, 2.24) is 5.32 Å². The molecule has 3 N–H and O–H groups in total. The second-order valence-corrected chi connectivity index (χ2v) is 2.82. The third-order valence-corrected chi connectivity index (χ3v) is 1.44. The molecule has 1 atom stereocenters. The second-order valence-electron chi connectivity index (χ2n) is 2.82. The van der Waals surface area contributed by atoms with Crippen LogP contribution >= 0.6 is 0 Å². The standard InChI is InChI=1S/C8H13NO2/c1-8(10,11)9-7-5-3-2-4-6-7/h2-5,7,9-11H,6H2,1H3. The van der Waals surface area contributed by atoms with Crippen molar-refractivity contribution in [3.8, 4) is 0 Å². The van der Waals surface area contributed by atoms with Crippen LogP contribution in [-0.4, -0.2) is 22.2 Å². The van der Waals surface area contributed by atoms with Gasteiger partial charge in [-0.15, -0.1) is 0 Å². The molecule has 0 saturated carbocycles. The summed E-state index contributed by atoms with van der Waals surface area (Å²) in [5.74, 6) is -1.78. The lowest BCUT2D eigenvalue weighted by atomic mass is 10.1. The molecule has 1 unspecified atom stereocenters. The molecule has 0 spiro atoms. The highest BCUT2D eigenvalue weighted by atomic mass is 16.5. The summed E-state index contributed by atoms with van der Waals surface area (Å²) in [4.78, 5) is 0. The molecule has 1 rings (SSSR count). The van der Waals surface area contributed by atoms with Gasteiger partial charge in [0.05, 0.1) is 0 Å². The van der Waals surface area contributed by atoms with E-state index in [0.717, 1.165) is 6.42 Å². The highest BCUT2D eigenvalue weighted by Crippen LogP contribution is 2.05. The molecule has 0 aromatic carbocycles. The van der Waals surface area contributed by atoms with Crippen LogP contribution in [0.15, 0.2) is 24.3 Å². The van der Waals surface area contributed by atoms with Crippen LogP contribution in [0.25, 0.3) is 0 Å². The lowest BCUT2D eigenvalue weighted by molar-refractivity contribution is -0.173. The fourth-order valence-electron chi connectivity index (χ4n) is 1.04. The first-order valence-electron chi connectivity index (χ1n) is 3.64. The van der Waals surface area contributed by atoms with E-state index >= 15 is 0 Å². The van der Waals surface area contributed by atoms with E-state index in [1.807, 2.05) is 24.3 Å². The zero-order chi connectivity index (χ0) is 8.32. The minimum absolute atomic E-state index is 0.0278. The predicted molar refractivity (Wildman–Crippen MR) is 42.7 cm³/mol. The first-order chi connectivity index (χ1) is 5.08. The van der Waals surface area contributed by atoms with Gasteiger partial charge in [0.25, 0.3) is 0 Å². The van der Waals surface area contributed by atoms with Crippen LogP contribution in [0.2, 0.25) is 0 Å². The molecule has 0 saturated heterocycles. The van der Waals surface area contributed by atoms with Gasteiger partial charge < -0.3 is 10.2 Å². The van der Waals surface area contributed by atoms with Crippen LogP contribution < -0.4 is 5.32 Å². The zero-order valence-electron chi connectivity index (χ0n) is 6.49. The number of hydrogen-bond acceptors (Lipinski definition) is 3. The van der Waals surface area contributed by atoms with Gasteiger partial charge in [0.15, 0.2) is 0 Å². The SMILES string of the molecule is CC(O)(O)NC1C=CC=CC1. The van der Waals surface area contributed by atoms with Gasteiger partial charge in [-0.25, -0.2) is 0 Å². The minimum Gasteiger partial charge on any atom is -0.354 e. The van der Waals surface area contributed by atoms with Crippen molar-refractivity contribution < 1.29 is 10.2 Å². The van der Waals surface area contributed by atoms with Crippen LogP contribution in [0, 0.1) is 0 Å². The molecule has 1 aliphatic rings. The van der Waals surface area contributed by atoms with Gasteiger partial charge in [0.1, 0.15) is 0 Å². The molecule has 62 valence electrons. The Morgan fingerprint density at radius 1 is 1.45 bits per heavy atom. The maximum absolute atomic E-state index is 8.96. The molecule has 0 fully saturated rings. The maximum Gasteiger partial charge on any atom is 0.219 e. The minimum atomic E-state index is -1.78. The Labute approximate surface area is 66.0 Å². The Morgan fingerprint density at radius 2 is 2.18 bits per heavy atom. The summed E-state index contributed by atoms with van der Waals surface area (Å²) in [6.07, 6.45) is 8.48. The molecule has 1 aliphatic carbocycles. The average Bonchev–Trinajstić information content (AvgIpc) is 1.85. The molecule has 0 aromatic rings. The molecule has 0 bridgehead atoms. The highest BCUT2D eigenvalue weighted by Gasteiger charge is 2.18. The monoisotopic (exact) mass is 155 g/mol. The van der Waals surface area contributed by atoms with Crippen LogP contribution in [0.1, 0.15) is 13.3 Å². The fraction of sp³-hybridized carbons (Fsp3) is 0.500. The number of aliphatic hydroxyl groups is 2. The van der Waals surface area contributed by atoms with E-state index in [2.05, 4.69) is 5.32 Å². The molecule has 0 radical (unpaired) electrons.